The third kappa shape index (κ3) is 4.86. The Morgan fingerprint density at radius 1 is 1.33 bits per heavy atom. The van der Waals surface area contributed by atoms with Gasteiger partial charge in [0.05, 0.1) is 16.5 Å². The first kappa shape index (κ1) is 17.7. The van der Waals surface area contributed by atoms with Crippen LogP contribution in [0.5, 0.6) is 0 Å². The largest absolute Gasteiger partial charge is 0.416 e. The van der Waals surface area contributed by atoms with Crippen LogP contribution in [0.1, 0.15) is 19.4 Å². The lowest BCUT2D eigenvalue weighted by atomic mass is 9.95. The third-order valence-electron chi connectivity index (χ3n) is 2.75. The lowest BCUT2D eigenvalue weighted by molar-refractivity contribution is -0.137. The molecule has 0 aromatic heterocycles. The zero-order valence-corrected chi connectivity index (χ0v) is 12.9. The summed E-state index contributed by atoms with van der Waals surface area (Å²) < 4.78 is 38.1. The highest BCUT2D eigenvalue weighted by atomic mass is 35.5. The molecule has 0 saturated carbocycles. The first-order valence-corrected chi connectivity index (χ1v) is 6.79. The Morgan fingerprint density at radius 3 is 2.33 bits per heavy atom. The van der Waals surface area contributed by atoms with E-state index >= 15 is 0 Å². The molecule has 0 saturated heterocycles. The molecule has 3 nitrogen and oxygen atoms in total. The van der Waals surface area contributed by atoms with Crippen LogP contribution in [0.25, 0.3) is 0 Å². The first-order chi connectivity index (χ1) is 9.52. The average molecular weight is 339 g/mol. The Labute approximate surface area is 130 Å². The summed E-state index contributed by atoms with van der Waals surface area (Å²) in [7, 11) is 0. The van der Waals surface area contributed by atoms with Crippen LogP contribution in [0.15, 0.2) is 18.2 Å². The van der Waals surface area contributed by atoms with Gasteiger partial charge < -0.3 is 11.1 Å². The topological polar surface area (TPSA) is 55.1 Å². The zero-order valence-electron chi connectivity index (χ0n) is 11.3. The van der Waals surface area contributed by atoms with E-state index in [-0.39, 0.29) is 21.6 Å². The maximum Gasteiger partial charge on any atom is 0.416 e. The minimum Gasteiger partial charge on any atom is -0.393 e. The molecule has 0 radical (unpaired) electrons. The molecule has 1 atom stereocenters. The molecule has 0 bridgehead atoms. The van der Waals surface area contributed by atoms with Crippen LogP contribution in [0.4, 0.5) is 18.9 Å². The van der Waals surface area contributed by atoms with E-state index in [0.29, 0.717) is 0 Å². The number of halogens is 4. The van der Waals surface area contributed by atoms with Gasteiger partial charge in [0.1, 0.15) is 0 Å². The molecule has 1 aromatic carbocycles. The molecule has 21 heavy (non-hydrogen) atoms. The molecule has 0 spiro atoms. The number of rotatable bonds is 4. The Hall–Kier alpha value is -1.34. The van der Waals surface area contributed by atoms with Crippen LogP contribution in [0, 0.1) is 11.8 Å². The van der Waals surface area contributed by atoms with Crippen molar-refractivity contribution in [3.05, 3.63) is 28.8 Å². The van der Waals surface area contributed by atoms with Crippen LogP contribution in [0.3, 0.4) is 0 Å². The van der Waals surface area contributed by atoms with Crippen molar-refractivity contribution in [3.63, 3.8) is 0 Å². The number of nitrogens with one attached hydrogen (secondary N) is 1. The molecule has 0 aliphatic carbocycles. The monoisotopic (exact) mass is 338 g/mol. The van der Waals surface area contributed by atoms with Crippen molar-refractivity contribution in [2.45, 2.75) is 20.0 Å². The van der Waals surface area contributed by atoms with Crippen molar-refractivity contribution < 1.29 is 18.0 Å². The van der Waals surface area contributed by atoms with Crippen LogP contribution < -0.4 is 11.1 Å². The van der Waals surface area contributed by atoms with E-state index in [0.717, 1.165) is 12.1 Å². The summed E-state index contributed by atoms with van der Waals surface area (Å²) in [6.07, 6.45) is -4.55. The van der Waals surface area contributed by atoms with Gasteiger partial charge in [-0.25, -0.2) is 0 Å². The van der Waals surface area contributed by atoms with Gasteiger partial charge in [-0.3, -0.25) is 4.79 Å². The fraction of sp³-hybridized carbons (Fsp3) is 0.385. The summed E-state index contributed by atoms with van der Waals surface area (Å²) in [5.41, 5.74) is 4.49. The van der Waals surface area contributed by atoms with E-state index in [2.05, 4.69) is 5.32 Å². The second-order valence-corrected chi connectivity index (χ2v) is 5.75. The third-order valence-corrected chi connectivity index (χ3v) is 3.22. The van der Waals surface area contributed by atoms with Gasteiger partial charge in [0.15, 0.2) is 0 Å². The normalized spacial score (nSPS) is 13.1. The number of nitrogens with two attached hydrogens (primary N) is 1. The highest BCUT2D eigenvalue weighted by Crippen LogP contribution is 2.33. The molecule has 0 aliphatic rings. The van der Waals surface area contributed by atoms with E-state index < -0.39 is 23.6 Å². The van der Waals surface area contributed by atoms with Gasteiger partial charge in [0.25, 0.3) is 0 Å². The molecule has 0 aliphatic heterocycles. The predicted octanol–water partition coefficient (Wildman–Crippen LogP) is 3.86. The molecular weight excluding hydrogens is 325 g/mol. The maximum absolute atomic E-state index is 12.7. The summed E-state index contributed by atoms with van der Waals surface area (Å²) in [4.78, 5) is 12.1. The molecule has 1 unspecified atom stereocenters. The Kier molecular flexibility index (Phi) is 5.58. The minimum absolute atomic E-state index is 0.0134. The molecule has 116 valence electrons. The summed E-state index contributed by atoms with van der Waals surface area (Å²) in [5, 5.41) is 2.24. The maximum atomic E-state index is 12.7. The zero-order chi connectivity index (χ0) is 16.4. The summed E-state index contributed by atoms with van der Waals surface area (Å²) in [5.74, 6) is -1.51. The summed E-state index contributed by atoms with van der Waals surface area (Å²) in [6.45, 7) is 3.48. The highest BCUT2D eigenvalue weighted by molar-refractivity contribution is 7.80. The number of alkyl halides is 3. The van der Waals surface area contributed by atoms with Gasteiger partial charge in [-0.05, 0) is 24.1 Å². The standard InChI is InChI=1S/C13H14ClF3N2OS/c1-6(2)10(11(18)21)12(20)19-9-4-7(13(15,16)17)3-8(14)5-9/h3-6,10H,1-2H3,(H2,18,21)(H,19,20). The van der Waals surface area contributed by atoms with Crippen LogP contribution >= 0.6 is 23.8 Å². The van der Waals surface area contributed by atoms with Gasteiger partial charge >= 0.3 is 6.18 Å². The van der Waals surface area contributed by atoms with Gasteiger partial charge in [0, 0.05) is 10.7 Å². The van der Waals surface area contributed by atoms with Crippen LogP contribution in [-0.2, 0) is 11.0 Å². The Morgan fingerprint density at radius 2 is 1.90 bits per heavy atom. The van der Waals surface area contributed by atoms with Gasteiger partial charge in [-0.15, -0.1) is 0 Å². The number of carbonyl (C=O) groups excluding carboxylic acids is 1. The van der Waals surface area contributed by atoms with Crippen LogP contribution in [0.2, 0.25) is 5.02 Å². The second-order valence-electron chi connectivity index (χ2n) is 4.84. The number of thiocarbonyl (C=S) groups is 1. The lowest BCUT2D eigenvalue weighted by Crippen LogP contribution is -2.36. The molecule has 1 rings (SSSR count). The fourth-order valence-corrected chi connectivity index (χ4v) is 2.42. The second kappa shape index (κ2) is 6.62. The molecule has 1 amide bonds. The molecule has 0 heterocycles. The fourth-order valence-electron chi connectivity index (χ4n) is 1.81. The number of benzene rings is 1. The quantitative estimate of drug-likeness (QED) is 0.820. The smallest absolute Gasteiger partial charge is 0.393 e. The van der Waals surface area contributed by atoms with Crippen molar-refractivity contribution >= 4 is 40.4 Å². The van der Waals surface area contributed by atoms with Gasteiger partial charge in [-0.2, -0.15) is 13.2 Å². The number of carbonyl (C=O) groups is 1. The van der Waals surface area contributed by atoms with Gasteiger partial charge in [-0.1, -0.05) is 37.7 Å². The minimum atomic E-state index is -4.55. The molecule has 3 N–H and O–H groups in total. The van der Waals surface area contributed by atoms with E-state index in [1.165, 1.54) is 6.07 Å². The van der Waals surface area contributed by atoms with Crippen LogP contribution in [-0.4, -0.2) is 10.9 Å². The Balaban J connectivity index is 3.05. The SMILES string of the molecule is CC(C)C(C(=O)Nc1cc(Cl)cc(C(F)(F)F)c1)C(N)=S. The number of hydrogen-bond acceptors (Lipinski definition) is 2. The van der Waals surface area contributed by atoms with Crippen molar-refractivity contribution in [3.8, 4) is 0 Å². The predicted molar refractivity (Wildman–Crippen MR) is 80.2 cm³/mol. The van der Waals surface area contributed by atoms with Crippen molar-refractivity contribution in [1.29, 1.82) is 0 Å². The van der Waals surface area contributed by atoms with Crippen molar-refractivity contribution in [1.82, 2.24) is 0 Å². The number of hydrogen-bond donors (Lipinski definition) is 2. The lowest BCUT2D eigenvalue weighted by Gasteiger charge is -2.19. The number of anilines is 1. The molecule has 0 fully saturated rings. The van der Waals surface area contributed by atoms with E-state index in [9.17, 15) is 18.0 Å². The average Bonchev–Trinajstić information content (AvgIpc) is 2.25. The molecule has 1 aromatic rings. The van der Waals surface area contributed by atoms with Crippen molar-refractivity contribution in [2.24, 2.45) is 17.6 Å². The molecule has 8 heteroatoms. The van der Waals surface area contributed by atoms with Crippen molar-refractivity contribution in [2.75, 3.05) is 5.32 Å². The van der Waals surface area contributed by atoms with E-state index in [1.54, 1.807) is 13.8 Å². The Bertz CT molecular complexity index is 561. The van der Waals surface area contributed by atoms with Gasteiger partial charge in [0.2, 0.25) is 5.91 Å². The highest BCUT2D eigenvalue weighted by Gasteiger charge is 2.32. The number of amides is 1. The first-order valence-electron chi connectivity index (χ1n) is 6.00. The molecular formula is C13H14ClF3N2OS. The van der Waals surface area contributed by atoms with E-state index in [4.69, 9.17) is 29.6 Å². The summed E-state index contributed by atoms with van der Waals surface area (Å²) >= 11 is 10.4. The van der Waals surface area contributed by atoms with E-state index in [1.807, 2.05) is 0 Å². The summed E-state index contributed by atoms with van der Waals surface area (Å²) in [6, 6.07) is 2.82.